The molecule has 0 aliphatic carbocycles. The summed E-state index contributed by atoms with van der Waals surface area (Å²) in [6, 6.07) is 24.4. The van der Waals surface area contributed by atoms with Crippen molar-refractivity contribution in [1.29, 1.82) is 0 Å². The number of methoxy groups -OCH3 is 1. The lowest BCUT2D eigenvalue weighted by Crippen LogP contribution is -2.21. The fourth-order valence-electron chi connectivity index (χ4n) is 2.92. The maximum atomic E-state index is 12.2. The Hall–Kier alpha value is -3.80. The van der Waals surface area contributed by atoms with E-state index in [-0.39, 0.29) is 18.4 Å². The van der Waals surface area contributed by atoms with Crippen molar-refractivity contribution >= 4 is 28.9 Å². The minimum absolute atomic E-state index is 0.0676. The lowest BCUT2D eigenvalue weighted by molar-refractivity contribution is -0.116. The van der Waals surface area contributed by atoms with Crippen LogP contribution < -0.4 is 20.7 Å². The first-order chi connectivity index (χ1) is 14.6. The van der Waals surface area contributed by atoms with Crippen LogP contribution >= 0.6 is 0 Å². The summed E-state index contributed by atoms with van der Waals surface area (Å²) in [4.78, 5) is 24.5. The van der Waals surface area contributed by atoms with Crippen LogP contribution in [0.5, 0.6) is 5.75 Å². The molecular formula is C24H25N3O3. The molecule has 154 valence electrons. The third-order valence-electron chi connectivity index (χ3n) is 4.44. The van der Waals surface area contributed by atoms with Crippen molar-refractivity contribution < 1.29 is 14.3 Å². The van der Waals surface area contributed by atoms with E-state index in [2.05, 4.69) is 16.0 Å². The maximum Gasteiger partial charge on any atom is 0.243 e. The molecule has 6 nitrogen and oxygen atoms in total. The Labute approximate surface area is 176 Å². The lowest BCUT2D eigenvalue weighted by atomic mass is 10.1. The van der Waals surface area contributed by atoms with Crippen LogP contribution in [0.3, 0.4) is 0 Å². The summed E-state index contributed by atoms with van der Waals surface area (Å²) in [5, 5.41) is 8.76. The van der Waals surface area contributed by atoms with Gasteiger partial charge < -0.3 is 20.7 Å². The molecule has 0 spiro atoms. The van der Waals surface area contributed by atoms with Crippen molar-refractivity contribution in [1.82, 2.24) is 0 Å². The lowest BCUT2D eigenvalue weighted by Gasteiger charge is -2.10. The Morgan fingerprint density at radius 2 is 1.43 bits per heavy atom. The zero-order valence-electron chi connectivity index (χ0n) is 16.9. The highest BCUT2D eigenvalue weighted by atomic mass is 16.5. The van der Waals surface area contributed by atoms with Crippen LogP contribution in [-0.2, 0) is 16.0 Å². The molecule has 0 aliphatic rings. The minimum Gasteiger partial charge on any atom is -0.497 e. The summed E-state index contributed by atoms with van der Waals surface area (Å²) in [7, 11) is 1.60. The fourth-order valence-corrected chi connectivity index (χ4v) is 2.92. The van der Waals surface area contributed by atoms with Crippen LogP contribution in [-0.4, -0.2) is 25.5 Å². The first-order valence-corrected chi connectivity index (χ1v) is 9.74. The topological polar surface area (TPSA) is 79.5 Å². The van der Waals surface area contributed by atoms with E-state index in [1.165, 1.54) is 0 Å². The summed E-state index contributed by atoms with van der Waals surface area (Å²) in [6.07, 6.45) is 1.07. The average molecular weight is 403 g/mol. The molecule has 0 saturated carbocycles. The van der Waals surface area contributed by atoms with Gasteiger partial charge in [0.2, 0.25) is 11.8 Å². The number of hydrogen-bond donors (Lipinski definition) is 3. The highest BCUT2D eigenvalue weighted by molar-refractivity contribution is 5.95. The predicted octanol–water partition coefficient (Wildman–Crippen LogP) is 4.32. The van der Waals surface area contributed by atoms with Crippen molar-refractivity contribution in [2.75, 3.05) is 29.6 Å². The third kappa shape index (κ3) is 6.67. The molecule has 3 aromatic carbocycles. The number of rotatable bonds is 9. The second-order valence-electron chi connectivity index (χ2n) is 6.75. The Kier molecular flexibility index (Phi) is 7.44. The standard InChI is InChI=1S/C24H25N3O3/c1-30-22-12-6-9-19(16-22)25-17-24(29)27-21-11-5-10-20(15-21)26-23(28)14-13-18-7-3-2-4-8-18/h2-12,15-16,25H,13-14,17H2,1H3,(H,26,28)(H,27,29). The van der Waals surface area contributed by atoms with Crippen molar-refractivity contribution in [2.45, 2.75) is 12.8 Å². The van der Waals surface area contributed by atoms with Crippen LogP contribution in [0.25, 0.3) is 0 Å². The van der Waals surface area contributed by atoms with E-state index in [1.807, 2.05) is 54.6 Å². The molecule has 0 bridgehead atoms. The van der Waals surface area contributed by atoms with Crippen molar-refractivity contribution in [3.63, 3.8) is 0 Å². The van der Waals surface area contributed by atoms with Crippen molar-refractivity contribution in [3.8, 4) is 5.75 Å². The molecule has 2 amide bonds. The summed E-state index contributed by atoms with van der Waals surface area (Å²) in [5.41, 5.74) is 3.18. The molecule has 0 aliphatic heterocycles. The number of carbonyl (C=O) groups excluding carboxylic acids is 2. The molecule has 3 rings (SSSR count). The number of hydrogen-bond acceptors (Lipinski definition) is 4. The number of nitrogens with one attached hydrogen (secondary N) is 3. The first-order valence-electron chi connectivity index (χ1n) is 9.74. The number of benzene rings is 3. The molecule has 3 aromatic rings. The van der Waals surface area contributed by atoms with Crippen molar-refractivity contribution in [2.24, 2.45) is 0 Å². The SMILES string of the molecule is COc1cccc(NCC(=O)Nc2cccc(NC(=O)CCc3ccccc3)c2)c1. The molecule has 0 heterocycles. The molecule has 0 saturated heterocycles. The van der Waals surface area contributed by atoms with E-state index in [1.54, 1.807) is 31.4 Å². The van der Waals surface area contributed by atoms with Gasteiger partial charge in [0.25, 0.3) is 0 Å². The summed E-state index contributed by atoms with van der Waals surface area (Å²) in [5.74, 6) is 0.462. The molecule has 0 fully saturated rings. The van der Waals surface area contributed by atoms with Crippen LogP contribution in [0.15, 0.2) is 78.9 Å². The van der Waals surface area contributed by atoms with Gasteiger partial charge in [-0.05, 0) is 42.3 Å². The van der Waals surface area contributed by atoms with Gasteiger partial charge in [-0.25, -0.2) is 0 Å². The Bertz CT molecular complexity index is 990. The van der Waals surface area contributed by atoms with E-state index < -0.39 is 0 Å². The summed E-state index contributed by atoms with van der Waals surface area (Å²) >= 11 is 0. The maximum absolute atomic E-state index is 12.2. The summed E-state index contributed by atoms with van der Waals surface area (Å²) in [6.45, 7) is 0.112. The van der Waals surface area contributed by atoms with E-state index in [9.17, 15) is 9.59 Å². The number of aryl methyl sites for hydroxylation is 1. The molecule has 3 N–H and O–H groups in total. The van der Waals surface area contributed by atoms with E-state index >= 15 is 0 Å². The van der Waals surface area contributed by atoms with Crippen molar-refractivity contribution in [3.05, 3.63) is 84.4 Å². The molecule has 0 radical (unpaired) electrons. The molecule has 0 atom stereocenters. The van der Waals surface area contributed by atoms with Gasteiger partial charge in [0.15, 0.2) is 0 Å². The van der Waals surface area contributed by atoms with Gasteiger partial charge in [0, 0.05) is 29.5 Å². The first kappa shape index (κ1) is 20.9. The zero-order valence-corrected chi connectivity index (χ0v) is 16.9. The second-order valence-corrected chi connectivity index (χ2v) is 6.75. The van der Waals surface area contributed by atoms with Gasteiger partial charge in [-0.2, -0.15) is 0 Å². The number of ether oxygens (including phenoxy) is 1. The van der Waals surface area contributed by atoms with Crippen LogP contribution in [0.2, 0.25) is 0 Å². The quantitative estimate of drug-likeness (QED) is 0.497. The van der Waals surface area contributed by atoms with E-state index in [0.717, 1.165) is 17.0 Å². The molecule has 0 aromatic heterocycles. The number of amides is 2. The van der Waals surface area contributed by atoms with Gasteiger partial charge in [-0.3, -0.25) is 9.59 Å². The molecular weight excluding hydrogens is 378 g/mol. The number of anilines is 3. The zero-order chi connectivity index (χ0) is 21.2. The monoisotopic (exact) mass is 403 g/mol. The Morgan fingerprint density at radius 3 is 2.17 bits per heavy atom. The normalized spacial score (nSPS) is 10.2. The van der Waals surface area contributed by atoms with Gasteiger partial charge >= 0.3 is 0 Å². The Morgan fingerprint density at radius 1 is 0.767 bits per heavy atom. The molecule has 0 unspecified atom stereocenters. The van der Waals surface area contributed by atoms with Crippen LogP contribution in [0.1, 0.15) is 12.0 Å². The van der Waals surface area contributed by atoms with Crippen LogP contribution in [0, 0.1) is 0 Å². The smallest absolute Gasteiger partial charge is 0.243 e. The minimum atomic E-state index is -0.189. The van der Waals surface area contributed by atoms with E-state index in [4.69, 9.17) is 4.74 Å². The summed E-state index contributed by atoms with van der Waals surface area (Å²) < 4.78 is 5.17. The largest absolute Gasteiger partial charge is 0.497 e. The Balaban J connectivity index is 1.48. The van der Waals surface area contributed by atoms with E-state index in [0.29, 0.717) is 24.2 Å². The number of carbonyl (C=O) groups is 2. The fraction of sp³-hybridized carbons (Fsp3) is 0.167. The van der Waals surface area contributed by atoms with Gasteiger partial charge in [0.1, 0.15) is 5.75 Å². The molecule has 6 heteroatoms. The second kappa shape index (κ2) is 10.7. The van der Waals surface area contributed by atoms with Gasteiger partial charge in [-0.15, -0.1) is 0 Å². The average Bonchev–Trinajstić information content (AvgIpc) is 2.77. The highest BCUT2D eigenvalue weighted by Crippen LogP contribution is 2.18. The van der Waals surface area contributed by atoms with Gasteiger partial charge in [0.05, 0.1) is 13.7 Å². The predicted molar refractivity (Wildman–Crippen MR) is 120 cm³/mol. The van der Waals surface area contributed by atoms with Crippen LogP contribution in [0.4, 0.5) is 17.1 Å². The third-order valence-corrected chi connectivity index (χ3v) is 4.44. The van der Waals surface area contributed by atoms with Gasteiger partial charge in [-0.1, -0.05) is 42.5 Å². The molecule has 30 heavy (non-hydrogen) atoms. The highest BCUT2D eigenvalue weighted by Gasteiger charge is 2.06.